The summed E-state index contributed by atoms with van der Waals surface area (Å²) in [5.74, 6) is 0.391. The van der Waals surface area contributed by atoms with Gasteiger partial charge >= 0.3 is 5.97 Å². The SMILES string of the molecule is Cc1[nH]c2ccc(OCCN3CCC(O)CC3)cc2c1C(=O)OCc1ccccc1. The zero-order valence-electron chi connectivity index (χ0n) is 17.3. The number of piperidine rings is 1. The minimum atomic E-state index is -0.341. The van der Waals surface area contributed by atoms with Crippen LogP contribution in [0.1, 0.15) is 34.5 Å². The van der Waals surface area contributed by atoms with Gasteiger partial charge in [0.25, 0.3) is 0 Å². The number of esters is 1. The Morgan fingerprint density at radius 1 is 1.17 bits per heavy atom. The normalized spacial score (nSPS) is 15.4. The highest BCUT2D eigenvalue weighted by Gasteiger charge is 2.19. The van der Waals surface area contributed by atoms with Gasteiger partial charge in [0.05, 0.1) is 11.7 Å². The van der Waals surface area contributed by atoms with Crippen LogP contribution in [0.25, 0.3) is 10.9 Å². The lowest BCUT2D eigenvalue weighted by Gasteiger charge is -2.29. The number of hydrogen-bond acceptors (Lipinski definition) is 5. The van der Waals surface area contributed by atoms with Crippen LogP contribution in [0.4, 0.5) is 0 Å². The van der Waals surface area contributed by atoms with Crippen molar-refractivity contribution >= 4 is 16.9 Å². The zero-order valence-corrected chi connectivity index (χ0v) is 17.3. The van der Waals surface area contributed by atoms with Crippen LogP contribution in [0.15, 0.2) is 48.5 Å². The fraction of sp³-hybridized carbons (Fsp3) is 0.375. The third kappa shape index (κ3) is 4.83. The molecular weight excluding hydrogens is 380 g/mol. The molecule has 1 aromatic heterocycles. The fourth-order valence-corrected chi connectivity index (χ4v) is 3.89. The van der Waals surface area contributed by atoms with Gasteiger partial charge in [-0.3, -0.25) is 4.90 Å². The van der Waals surface area contributed by atoms with Crippen LogP contribution in [0, 0.1) is 6.92 Å². The standard InChI is InChI=1S/C24H28N2O4/c1-17-23(24(28)30-16-18-5-3-2-4-6-18)21-15-20(7-8-22(21)25-17)29-14-13-26-11-9-19(27)10-12-26/h2-8,15,19,25,27H,9-14,16H2,1H3. The topological polar surface area (TPSA) is 74.8 Å². The summed E-state index contributed by atoms with van der Waals surface area (Å²) in [6.07, 6.45) is 1.48. The minimum Gasteiger partial charge on any atom is -0.492 e. The van der Waals surface area contributed by atoms with Gasteiger partial charge in [-0.2, -0.15) is 0 Å². The number of carbonyl (C=O) groups excluding carboxylic acids is 1. The number of ether oxygens (including phenoxy) is 2. The van der Waals surface area contributed by atoms with Crippen molar-refractivity contribution in [2.45, 2.75) is 32.5 Å². The Balaban J connectivity index is 1.41. The van der Waals surface area contributed by atoms with Gasteiger partial charge in [-0.05, 0) is 43.5 Å². The minimum absolute atomic E-state index is 0.165. The summed E-state index contributed by atoms with van der Waals surface area (Å²) in [5, 5.41) is 10.4. The number of aliphatic hydroxyl groups excluding tert-OH is 1. The van der Waals surface area contributed by atoms with E-state index in [0.29, 0.717) is 12.2 Å². The molecule has 1 fully saturated rings. The molecule has 30 heavy (non-hydrogen) atoms. The first-order valence-corrected chi connectivity index (χ1v) is 10.5. The van der Waals surface area contributed by atoms with Crippen molar-refractivity contribution in [3.63, 3.8) is 0 Å². The van der Waals surface area contributed by atoms with Crippen LogP contribution in [0.2, 0.25) is 0 Å². The number of carbonyl (C=O) groups is 1. The fourth-order valence-electron chi connectivity index (χ4n) is 3.89. The molecule has 2 aromatic carbocycles. The summed E-state index contributed by atoms with van der Waals surface area (Å²) in [6.45, 7) is 5.31. The lowest BCUT2D eigenvalue weighted by Crippen LogP contribution is -2.38. The van der Waals surface area contributed by atoms with Crippen molar-refractivity contribution < 1.29 is 19.4 Å². The molecular formula is C24H28N2O4. The maximum absolute atomic E-state index is 12.8. The summed E-state index contributed by atoms with van der Waals surface area (Å²) in [6, 6.07) is 15.4. The Morgan fingerprint density at radius 3 is 2.70 bits per heavy atom. The Bertz CT molecular complexity index is 991. The molecule has 1 aliphatic heterocycles. The highest BCUT2D eigenvalue weighted by Crippen LogP contribution is 2.27. The number of rotatable bonds is 7. The van der Waals surface area contributed by atoms with Gasteiger partial charge in [0.2, 0.25) is 0 Å². The quantitative estimate of drug-likeness (QED) is 0.584. The average Bonchev–Trinajstić information content (AvgIpc) is 3.09. The van der Waals surface area contributed by atoms with E-state index < -0.39 is 0 Å². The Kier molecular flexibility index (Phi) is 6.35. The number of nitrogens with one attached hydrogen (secondary N) is 1. The number of hydrogen-bond donors (Lipinski definition) is 2. The number of benzene rings is 2. The maximum Gasteiger partial charge on any atom is 0.340 e. The number of aromatic amines is 1. The van der Waals surface area contributed by atoms with Gasteiger partial charge in [-0.1, -0.05) is 30.3 Å². The van der Waals surface area contributed by atoms with Crippen LogP contribution in [-0.2, 0) is 11.3 Å². The van der Waals surface area contributed by atoms with E-state index in [4.69, 9.17) is 9.47 Å². The van der Waals surface area contributed by atoms with E-state index >= 15 is 0 Å². The lowest BCUT2D eigenvalue weighted by atomic mass is 10.1. The first kappa shape index (κ1) is 20.4. The van der Waals surface area contributed by atoms with Crippen LogP contribution in [-0.4, -0.2) is 53.3 Å². The molecule has 0 unspecified atom stereocenters. The monoisotopic (exact) mass is 408 g/mol. The van der Waals surface area contributed by atoms with Gasteiger partial charge < -0.3 is 19.6 Å². The predicted molar refractivity (Wildman–Crippen MR) is 116 cm³/mol. The second-order valence-electron chi connectivity index (χ2n) is 7.82. The van der Waals surface area contributed by atoms with E-state index in [1.807, 2.05) is 55.5 Å². The van der Waals surface area contributed by atoms with Crippen molar-refractivity contribution in [1.82, 2.24) is 9.88 Å². The highest BCUT2D eigenvalue weighted by molar-refractivity contribution is 6.05. The Morgan fingerprint density at radius 2 is 1.93 bits per heavy atom. The summed E-state index contributed by atoms with van der Waals surface area (Å²) >= 11 is 0. The van der Waals surface area contributed by atoms with Crippen LogP contribution >= 0.6 is 0 Å². The smallest absolute Gasteiger partial charge is 0.340 e. The number of aromatic nitrogens is 1. The second-order valence-corrected chi connectivity index (χ2v) is 7.82. The molecule has 158 valence electrons. The number of H-pyrrole nitrogens is 1. The second kappa shape index (κ2) is 9.32. The zero-order chi connectivity index (χ0) is 20.9. The summed E-state index contributed by atoms with van der Waals surface area (Å²) < 4.78 is 11.5. The lowest BCUT2D eigenvalue weighted by molar-refractivity contribution is 0.0474. The van der Waals surface area contributed by atoms with Crippen molar-refractivity contribution in [3.8, 4) is 5.75 Å². The maximum atomic E-state index is 12.8. The van der Waals surface area contributed by atoms with E-state index in [0.717, 1.165) is 60.4 Å². The summed E-state index contributed by atoms with van der Waals surface area (Å²) in [4.78, 5) is 18.3. The third-order valence-electron chi connectivity index (χ3n) is 5.61. The molecule has 6 heteroatoms. The number of aryl methyl sites for hydroxylation is 1. The van der Waals surface area contributed by atoms with Crippen molar-refractivity contribution in [1.29, 1.82) is 0 Å². The largest absolute Gasteiger partial charge is 0.492 e. The number of likely N-dealkylation sites (tertiary alicyclic amines) is 1. The molecule has 4 rings (SSSR count). The average molecular weight is 408 g/mol. The molecule has 1 saturated heterocycles. The molecule has 0 radical (unpaired) electrons. The molecule has 3 aromatic rings. The van der Waals surface area contributed by atoms with Crippen molar-refractivity contribution in [3.05, 3.63) is 65.4 Å². The van der Waals surface area contributed by atoms with E-state index in [9.17, 15) is 9.90 Å². The van der Waals surface area contributed by atoms with Crippen molar-refractivity contribution in [2.24, 2.45) is 0 Å². The summed E-state index contributed by atoms with van der Waals surface area (Å²) in [7, 11) is 0. The first-order valence-electron chi connectivity index (χ1n) is 10.5. The molecule has 0 bridgehead atoms. The van der Waals surface area contributed by atoms with Crippen LogP contribution in [0.5, 0.6) is 5.75 Å². The molecule has 2 heterocycles. The molecule has 0 atom stereocenters. The summed E-state index contributed by atoms with van der Waals surface area (Å²) in [5.41, 5.74) is 3.18. The van der Waals surface area contributed by atoms with E-state index in [1.54, 1.807) is 0 Å². The third-order valence-corrected chi connectivity index (χ3v) is 5.61. The van der Waals surface area contributed by atoms with E-state index in [2.05, 4.69) is 9.88 Å². The van der Waals surface area contributed by atoms with Gasteiger partial charge in [-0.25, -0.2) is 4.79 Å². The molecule has 0 saturated carbocycles. The molecule has 2 N–H and O–H groups in total. The molecule has 0 amide bonds. The van der Waals surface area contributed by atoms with Crippen LogP contribution < -0.4 is 4.74 Å². The van der Waals surface area contributed by atoms with E-state index in [1.165, 1.54) is 0 Å². The van der Waals surface area contributed by atoms with Crippen LogP contribution in [0.3, 0.4) is 0 Å². The highest BCUT2D eigenvalue weighted by atomic mass is 16.5. The van der Waals surface area contributed by atoms with Gasteiger partial charge in [0.1, 0.15) is 19.0 Å². The molecule has 1 aliphatic rings. The van der Waals surface area contributed by atoms with Gasteiger partial charge in [-0.15, -0.1) is 0 Å². The molecule has 0 aliphatic carbocycles. The van der Waals surface area contributed by atoms with Gasteiger partial charge in [0.15, 0.2) is 0 Å². The van der Waals surface area contributed by atoms with E-state index in [-0.39, 0.29) is 18.7 Å². The number of aliphatic hydroxyl groups is 1. The van der Waals surface area contributed by atoms with Crippen molar-refractivity contribution in [2.75, 3.05) is 26.2 Å². The predicted octanol–water partition coefficient (Wildman–Crippen LogP) is 3.67. The first-order chi connectivity index (χ1) is 14.6. The Labute approximate surface area is 176 Å². The number of nitrogens with zero attached hydrogens (tertiary/aromatic N) is 1. The van der Waals surface area contributed by atoms with Gasteiger partial charge in [0, 0.05) is 36.2 Å². The molecule has 0 spiro atoms. The molecule has 6 nitrogen and oxygen atoms in total. The number of fused-ring (bicyclic) bond motifs is 1. The Hall–Kier alpha value is -2.83.